The van der Waals surface area contributed by atoms with Crippen LogP contribution in [0, 0.1) is 0 Å². The summed E-state index contributed by atoms with van der Waals surface area (Å²) >= 11 is 0. The molecule has 0 bridgehead atoms. The van der Waals surface area contributed by atoms with Gasteiger partial charge in [0.1, 0.15) is 12.4 Å². The van der Waals surface area contributed by atoms with E-state index in [9.17, 15) is 9.59 Å². The maximum atomic E-state index is 11.4. The molecule has 0 N–H and O–H groups in total. The van der Waals surface area contributed by atoms with E-state index >= 15 is 0 Å². The summed E-state index contributed by atoms with van der Waals surface area (Å²) in [6.45, 7) is 2.35. The molecular formula is C14H18O3. The Morgan fingerprint density at radius 2 is 1.82 bits per heavy atom. The molecule has 92 valence electrons. The molecule has 0 aliphatic carbocycles. The summed E-state index contributed by atoms with van der Waals surface area (Å²) in [5.41, 5.74) is 1.03. The first-order chi connectivity index (χ1) is 8.22. The molecule has 0 aliphatic heterocycles. The van der Waals surface area contributed by atoms with Gasteiger partial charge in [-0.05, 0) is 12.0 Å². The fraction of sp³-hybridized carbons (Fsp3) is 0.429. The van der Waals surface area contributed by atoms with Crippen molar-refractivity contribution in [2.45, 2.75) is 32.8 Å². The number of ketones is 2. The van der Waals surface area contributed by atoms with Gasteiger partial charge in [0.05, 0.1) is 13.0 Å². The Labute approximate surface area is 102 Å². The van der Waals surface area contributed by atoms with Crippen molar-refractivity contribution in [3.05, 3.63) is 35.9 Å². The minimum atomic E-state index is -0.139. The predicted octanol–water partition coefficient (Wildman–Crippen LogP) is 2.53. The molecule has 0 spiro atoms. The zero-order valence-corrected chi connectivity index (χ0v) is 10.1. The van der Waals surface area contributed by atoms with Crippen LogP contribution >= 0.6 is 0 Å². The van der Waals surface area contributed by atoms with Gasteiger partial charge in [0.15, 0.2) is 5.78 Å². The number of ether oxygens (including phenoxy) is 1. The van der Waals surface area contributed by atoms with Crippen LogP contribution in [0.5, 0.6) is 0 Å². The fourth-order valence-corrected chi connectivity index (χ4v) is 1.50. The normalized spacial score (nSPS) is 10.2. The Bertz CT molecular complexity index is 357. The van der Waals surface area contributed by atoms with Crippen LogP contribution < -0.4 is 0 Å². The molecule has 3 nitrogen and oxygen atoms in total. The van der Waals surface area contributed by atoms with E-state index in [0.29, 0.717) is 13.0 Å². The van der Waals surface area contributed by atoms with Crippen molar-refractivity contribution < 1.29 is 14.3 Å². The molecule has 1 aromatic carbocycles. The first kappa shape index (κ1) is 13.6. The monoisotopic (exact) mass is 234 g/mol. The molecule has 0 amide bonds. The summed E-state index contributed by atoms with van der Waals surface area (Å²) < 4.78 is 5.26. The summed E-state index contributed by atoms with van der Waals surface area (Å²) in [6, 6.07) is 9.65. The van der Waals surface area contributed by atoms with Gasteiger partial charge in [0.25, 0.3) is 0 Å². The number of rotatable bonds is 8. The molecule has 0 saturated carbocycles. The quantitative estimate of drug-likeness (QED) is 0.649. The molecule has 0 atom stereocenters. The minimum Gasteiger partial charge on any atom is -0.369 e. The van der Waals surface area contributed by atoms with E-state index in [1.54, 1.807) is 0 Å². The van der Waals surface area contributed by atoms with Crippen LogP contribution in [-0.2, 0) is 20.9 Å². The third-order valence-corrected chi connectivity index (χ3v) is 2.30. The lowest BCUT2D eigenvalue weighted by molar-refractivity contribution is -0.130. The third-order valence-electron chi connectivity index (χ3n) is 2.30. The molecular weight excluding hydrogens is 216 g/mol. The average molecular weight is 234 g/mol. The van der Waals surface area contributed by atoms with Gasteiger partial charge < -0.3 is 4.74 Å². The molecule has 0 saturated heterocycles. The van der Waals surface area contributed by atoms with Gasteiger partial charge in [0, 0.05) is 6.42 Å². The molecule has 0 unspecified atom stereocenters. The predicted molar refractivity (Wildman–Crippen MR) is 65.6 cm³/mol. The highest BCUT2D eigenvalue weighted by Crippen LogP contribution is 2.01. The Morgan fingerprint density at radius 3 is 2.47 bits per heavy atom. The number of benzene rings is 1. The highest BCUT2D eigenvalue weighted by Gasteiger charge is 2.08. The second-order valence-electron chi connectivity index (χ2n) is 3.98. The smallest absolute Gasteiger partial charge is 0.165 e. The van der Waals surface area contributed by atoms with Crippen LogP contribution in [0.1, 0.15) is 31.7 Å². The van der Waals surface area contributed by atoms with Gasteiger partial charge in [0.2, 0.25) is 0 Å². The van der Waals surface area contributed by atoms with E-state index in [1.165, 1.54) is 0 Å². The second kappa shape index (κ2) is 7.74. The number of carbonyl (C=O) groups is 2. The summed E-state index contributed by atoms with van der Waals surface area (Å²) in [5.74, 6) is -0.139. The van der Waals surface area contributed by atoms with Crippen molar-refractivity contribution in [1.82, 2.24) is 0 Å². The first-order valence-electron chi connectivity index (χ1n) is 5.87. The zero-order chi connectivity index (χ0) is 12.5. The van der Waals surface area contributed by atoms with Gasteiger partial charge in [-0.2, -0.15) is 0 Å². The van der Waals surface area contributed by atoms with Gasteiger partial charge >= 0.3 is 0 Å². The van der Waals surface area contributed by atoms with Crippen LogP contribution in [0.25, 0.3) is 0 Å². The van der Waals surface area contributed by atoms with Crippen LogP contribution in [-0.4, -0.2) is 18.2 Å². The zero-order valence-electron chi connectivity index (χ0n) is 10.1. The Hall–Kier alpha value is -1.48. The molecule has 0 heterocycles. The second-order valence-corrected chi connectivity index (χ2v) is 3.98. The molecule has 17 heavy (non-hydrogen) atoms. The maximum absolute atomic E-state index is 11.4. The summed E-state index contributed by atoms with van der Waals surface area (Å²) in [4.78, 5) is 22.6. The minimum absolute atomic E-state index is 0.000751. The van der Waals surface area contributed by atoms with E-state index in [2.05, 4.69) is 0 Å². The van der Waals surface area contributed by atoms with Crippen LogP contribution in [0.15, 0.2) is 30.3 Å². The number of hydrogen-bond acceptors (Lipinski definition) is 3. The SMILES string of the molecule is CCCC(=O)CC(=O)COCc1ccccc1. The van der Waals surface area contributed by atoms with Gasteiger partial charge in [-0.25, -0.2) is 0 Å². The van der Waals surface area contributed by atoms with Crippen LogP contribution in [0.3, 0.4) is 0 Å². The highest BCUT2D eigenvalue weighted by molar-refractivity contribution is 5.99. The molecule has 3 heteroatoms. The Balaban J connectivity index is 2.18. The van der Waals surface area contributed by atoms with Crippen molar-refractivity contribution in [2.24, 2.45) is 0 Å². The van der Waals surface area contributed by atoms with E-state index in [4.69, 9.17) is 4.74 Å². The van der Waals surface area contributed by atoms with E-state index < -0.39 is 0 Å². The van der Waals surface area contributed by atoms with E-state index in [-0.39, 0.29) is 24.6 Å². The van der Waals surface area contributed by atoms with Gasteiger partial charge in [-0.1, -0.05) is 37.3 Å². The van der Waals surface area contributed by atoms with E-state index in [1.807, 2.05) is 37.3 Å². The number of hydrogen-bond donors (Lipinski definition) is 0. The molecule has 0 fully saturated rings. The molecule has 1 aromatic rings. The number of Topliss-reactive ketones (excluding diaryl/α,β-unsaturated/α-hetero) is 2. The highest BCUT2D eigenvalue weighted by atomic mass is 16.5. The molecule has 0 aromatic heterocycles. The third kappa shape index (κ3) is 5.97. The summed E-state index contributed by atoms with van der Waals surface area (Å²) in [6.07, 6.45) is 1.27. The fourth-order valence-electron chi connectivity index (χ4n) is 1.50. The lowest BCUT2D eigenvalue weighted by Gasteiger charge is -2.03. The molecule has 1 rings (SSSR count). The van der Waals surface area contributed by atoms with Crippen molar-refractivity contribution >= 4 is 11.6 Å². The van der Waals surface area contributed by atoms with Crippen molar-refractivity contribution in [3.63, 3.8) is 0 Å². The van der Waals surface area contributed by atoms with Crippen LogP contribution in [0.2, 0.25) is 0 Å². The maximum Gasteiger partial charge on any atom is 0.165 e. The van der Waals surface area contributed by atoms with Crippen LogP contribution in [0.4, 0.5) is 0 Å². The van der Waals surface area contributed by atoms with E-state index in [0.717, 1.165) is 12.0 Å². The summed E-state index contributed by atoms with van der Waals surface area (Å²) in [5, 5.41) is 0. The lowest BCUT2D eigenvalue weighted by Crippen LogP contribution is -2.13. The van der Waals surface area contributed by atoms with Crippen molar-refractivity contribution in [1.29, 1.82) is 0 Å². The topological polar surface area (TPSA) is 43.4 Å². The number of carbonyl (C=O) groups excluding carboxylic acids is 2. The standard InChI is InChI=1S/C14H18O3/c1-2-6-13(15)9-14(16)11-17-10-12-7-4-3-5-8-12/h3-5,7-8H,2,6,9-11H2,1H3. The van der Waals surface area contributed by atoms with Gasteiger partial charge in [-0.15, -0.1) is 0 Å². The average Bonchev–Trinajstić information content (AvgIpc) is 2.30. The molecule has 0 aliphatic rings. The van der Waals surface area contributed by atoms with Gasteiger partial charge in [-0.3, -0.25) is 9.59 Å². The Morgan fingerprint density at radius 1 is 1.12 bits per heavy atom. The summed E-state index contributed by atoms with van der Waals surface area (Å²) in [7, 11) is 0. The largest absolute Gasteiger partial charge is 0.369 e. The Kier molecular flexibility index (Phi) is 6.18. The first-order valence-corrected chi connectivity index (χ1v) is 5.87. The van der Waals surface area contributed by atoms with Crippen molar-refractivity contribution in [2.75, 3.05) is 6.61 Å². The van der Waals surface area contributed by atoms with Crippen molar-refractivity contribution in [3.8, 4) is 0 Å². The molecule has 0 radical (unpaired) electrons. The lowest BCUT2D eigenvalue weighted by atomic mass is 10.1.